The summed E-state index contributed by atoms with van der Waals surface area (Å²) in [5, 5.41) is 8.73. The van der Waals surface area contributed by atoms with Crippen molar-refractivity contribution < 1.29 is 45.4 Å². The van der Waals surface area contributed by atoms with Gasteiger partial charge in [-0.05, 0) is 31.6 Å². The Balaban J connectivity index is 2.15. The Morgan fingerprint density at radius 3 is 2.46 bits per heavy atom. The number of carboxylic acid groups (broad SMARTS) is 1. The number of rotatable bonds is 9. The van der Waals surface area contributed by atoms with Crippen LogP contribution in [0.1, 0.15) is 45.4 Å². The van der Waals surface area contributed by atoms with Crippen LogP contribution in [0.25, 0.3) is 0 Å². The molecule has 1 saturated carbocycles. The number of alkyl halides is 3. The minimum atomic E-state index is -4.56. The minimum absolute atomic E-state index is 0.104. The lowest BCUT2D eigenvalue weighted by molar-refractivity contribution is -0.190. The van der Waals surface area contributed by atoms with E-state index in [-0.39, 0.29) is 35.7 Å². The first-order valence-electron chi connectivity index (χ1n) is 11.5. The van der Waals surface area contributed by atoms with Crippen molar-refractivity contribution in [2.45, 2.75) is 67.5 Å². The number of carbonyl (C=O) groups is 2. The first kappa shape index (κ1) is 29.2. The number of anilines is 1. The lowest BCUT2D eigenvalue weighted by atomic mass is 10.00. The maximum Gasteiger partial charge on any atom is 0.395 e. The van der Waals surface area contributed by atoms with Gasteiger partial charge in [-0.2, -0.15) is 21.9 Å². The number of amides is 1. The van der Waals surface area contributed by atoms with E-state index in [1.54, 1.807) is 6.26 Å². The summed E-state index contributed by atoms with van der Waals surface area (Å²) in [4.78, 5) is 25.1. The van der Waals surface area contributed by atoms with E-state index in [4.69, 9.17) is 9.84 Å². The summed E-state index contributed by atoms with van der Waals surface area (Å²) in [7, 11) is -2.93. The smallest absolute Gasteiger partial charge is 0.395 e. The fourth-order valence-electron chi connectivity index (χ4n) is 4.19. The lowest BCUT2D eigenvalue weighted by Crippen LogP contribution is -2.45. The van der Waals surface area contributed by atoms with Gasteiger partial charge in [0.1, 0.15) is 16.9 Å². The normalized spacial score (nSPS) is 21.2. The van der Waals surface area contributed by atoms with Crippen LogP contribution in [0.5, 0.6) is 5.75 Å². The van der Waals surface area contributed by atoms with Crippen molar-refractivity contribution in [2.24, 2.45) is 5.41 Å². The molecule has 37 heavy (non-hydrogen) atoms. The number of unbranched alkanes of at least 4 members (excludes halogenated alkanes) is 1. The van der Waals surface area contributed by atoms with Gasteiger partial charge in [0.05, 0.1) is 16.0 Å². The number of thioether (sulfide) groups is 1. The monoisotopic (exact) mass is 568 g/mol. The van der Waals surface area contributed by atoms with Crippen LogP contribution in [-0.2, 0) is 19.6 Å². The Morgan fingerprint density at radius 2 is 1.95 bits per heavy atom. The van der Waals surface area contributed by atoms with E-state index in [0.29, 0.717) is 19.1 Å². The summed E-state index contributed by atoms with van der Waals surface area (Å²) in [6.45, 7) is 1.76. The molecule has 0 saturated heterocycles. The van der Waals surface area contributed by atoms with Crippen LogP contribution in [0.15, 0.2) is 34.0 Å². The van der Waals surface area contributed by atoms with Crippen LogP contribution < -0.4 is 9.64 Å². The van der Waals surface area contributed by atoms with Gasteiger partial charge in [-0.25, -0.2) is 13.2 Å². The van der Waals surface area contributed by atoms with Crippen LogP contribution >= 0.6 is 11.8 Å². The number of nitrogens with zero attached hydrogens (tertiary/aromatic N) is 2. The molecule has 0 radical (unpaired) electrons. The zero-order valence-corrected chi connectivity index (χ0v) is 22.1. The minimum Gasteiger partial charge on any atom is -0.476 e. The van der Waals surface area contributed by atoms with Crippen LogP contribution in [0.4, 0.5) is 23.2 Å². The van der Waals surface area contributed by atoms with E-state index in [2.05, 4.69) is 0 Å². The van der Waals surface area contributed by atoms with Crippen molar-refractivity contribution in [1.82, 2.24) is 4.31 Å². The van der Waals surface area contributed by atoms with Gasteiger partial charge >= 0.3 is 12.1 Å². The molecule has 1 fully saturated rings. The van der Waals surface area contributed by atoms with E-state index in [0.717, 1.165) is 33.5 Å². The Labute approximate surface area is 216 Å². The van der Waals surface area contributed by atoms with Gasteiger partial charge in [-0.15, -0.1) is 11.8 Å². The molecule has 0 aromatic heterocycles. The van der Waals surface area contributed by atoms with Gasteiger partial charge in [0.2, 0.25) is 21.8 Å². The van der Waals surface area contributed by atoms with Gasteiger partial charge in [0.15, 0.2) is 0 Å². The van der Waals surface area contributed by atoms with Crippen LogP contribution in [0.3, 0.4) is 0 Å². The molecule has 1 aromatic rings. The van der Waals surface area contributed by atoms with Crippen LogP contribution in [-0.4, -0.2) is 61.8 Å². The zero-order chi connectivity index (χ0) is 27.8. The lowest BCUT2D eigenvalue weighted by Gasteiger charge is -2.30. The van der Waals surface area contributed by atoms with Crippen molar-refractivity contribution in [3.8, 4) is 5.75 Å². The highest BCUT2D eigenvalue weighted by atomic mass is 32.2. The number of sulfonamides is 1. The second kappa shape index (κ2) is 10.8. The summed E-state index contributed by atoms with van der Waals surface area (Å²) >= 11 is 1.04. The predicted octanol–water partition coefficient (Wildman–Crippen LogP) is 4.94. The average Bonchev–Trinajstić information content (AvgIpc) is 3.62. The highest BCUT2D eigenvalue weighted by Crippen LogP contribution is 2.60. The van der Waals surface area contributed by atoms with Gasteiger partial charge in [-0.3, -0.25) is 4.79 Å². The quantitative estimate of drug-likeness (QED) is 0.195. The number of halogens is 4. The Morgan fingerprint density at radius 1 is 1.30 bits per heavy atom. The molecular weight excluding hydrogens is 540 g/mol. The van der Waals surface area contributed by atoms with Crippen molar-refractivity contribution >= 4 is 39.3 Å². The van der Waals surface area contributed by atoms with E-state index in [1.165, 1.54) is 13.1 Å². The molecule has 1 atom stereocenters. The highest BCUT2D eigenvalue weighted by molar-refractivity contribution is 7.98. The number of likely N-dealkylation sites (N-methyl/N-ethyl adjacent to an activating group) is 1. The Kier molecular flexibility index (Phi) is 8.54. The second-order valence-corrected chi connectivity index (χ2v) is 12.0. The molecule has 3 rings (SSSR count). The van der Waals surface area contributed by atoms with E-state index < -0.39 is 56.7 Å². The molecule has 8 nitrogen and oxygen atoms in total. The predicted molar refractivity (Wildman–Crippen MR) is 129 cm³/mol. The van der Waals surface area contributed by atoms with Crippen molar-refractivity contribution in [1.29, 1.82) is 0 Å². The largest absolute Gasteiger partial charge is 0.476 e. The summed E-state index contributed by atoms with van der Waals surface area (Å²) < 4.78 is 87.8. The van der Waals surface area contributed by atoms with E-state index in [9.17, 15) is 35.6 Å². The van der Waals surface area contributed by atoms with Crippen molar-refractivity contribution in [2.75, 3.05) is 24.7 Å². The first-order valence-corrected chi connectivity index (χ1v) is 14.2. The van der Waals surface area contributed by atoms with Gasteiger partial charge in [0, 0.05) is 32.1 Å². The molecule has 0 unspecified atom stereocenters. The number of hydrogen-bond acceptors (Lipinski definition) is 6. The molecule has 2 aliphatic rings. The van der Waals surface area contributed by atoms with E-state index in [1.807, 2.05) is 6.92 Å². The number of aliphatic carboxylic acids is 1. The molecule has 1 aliphatic carbocycles. The molecule has 1 aromatic carbocycles. The Hall–Kier alpha value is -2.32. The third-order valence-electron chi connectivity index (χ3n) is 6.73. The van der Waals surface area contributed by atoms with Crippen LogP contribution in [0.2, 0.25) is 0 Å². The van der Waals surface area contributed by atoms with Gasteiger partial charge in [0.25, 0.3) is 0 Å². The standard InChI is InChI=1S/C23H28F4N2O6S2/c1-4-5-6-14-12-29(20(30)11-22(7-8-22)23(25,26)27)16-9-18(36-3)17(35-13-15(24)21(31)32)10-19(16)37(33,34)28(14)2/h9-10,13-14H,4-8,11-12H2,1-3H3,(H,31,32)/b15-13-/t14-/m1/s1. The summed E-state index contributed by atoms with van der Waals surface area (Å²) in [6.07, 6.45) is -2.09. The maximum absolute atomic E-state index is 13.6. The summed E-state index contributed by atoms with van der Waals surface area (Å²) in [5.41, 5.74) is -2.22. The molecule has 1 amide bonds. The third kappa shape index (κ3) is 5.90. The summed E-state index contributed by atoms with van der Waals surface area (Å²) in [5.74, 6) is -4.55. The molecule has 1 N–H and O–H groups in total. The van der Waals surface area contributed by atoms with Gasteiger partial charge < -0.3 is 14.7 Å². The number of fused-ring (bicyclic) bond motifs is 1. The molecule has 1 aliphatic heterocycles. The second-order valence-electron chi connectivity index (χ2n) is 9.14. The third-order valence-corrected chi connectivity index (χ3v) is 9.43. The molecule has 0 bridgehead atoms. The van der Waals surface area contributed by atoms with Gasteiger partial charge in [-0.1, -0.05) is 19.8 Å². The fourth-order valence-corrected chi connectivity index (χ4v) is 6.29. The number of benzene rings is 1. The van der Waals surface area contributed by atoms with Crippen molar-refractivity contribution in [3.63, 3.8) is 0 Å². The molecule has 206 valence electrons. The van der Waals surface area contributed by atoms with Crippen molar-refractivity contribution in [3.05, 3.63) is 24.2 Å². The average molecular weight is 569 g/mol. The molecule has 14 heteroatoms. The number of hydrogen-bond donors (Lipinski definition) is 1. The molecule has 1 heterocycles. The fraction of sp³-hybridized carbons (Fsp3) is 0.565. The summed E-state index contributed by atoms with van der Waals surface area (Å²) in [6, 6.07) is 1.63. The number of carboxylic acids is 1. The number of ether oxygens (including phenoxy) is 1. The molecule has 0 spiro atoms. The Bertz CT molecular complexity index is 1200. The van der Waals surface area contributed by atoms with Crippen LogP contribution in [0, 0.1) is 5.41 Å². The highest BCUT2D eigenvalue weighted by Gasteiger charge is 2.64. The maximum atomic E-state index is 13.6. The first-order chi connectivity index (χ1) is 17.2. The zero-order valence-electron chi connectivity index (χ0n) is 20.5. The SMILES string of the molecule is CCCC[C@@H]1CN(C(=O)CC2(C(F)(F)F)CC2)c2cc(SC)c(O/C=C(\F)C(=O)O)cc2S(=O)(=O)N1C. The van der Waals surface area contributed by atoms with E-state index >= 15 is 0 Å². The topological polar surface area (TPSA) is 104 Å². The molecular formula is C23H28F4N2O6S2. The number of carbonyl (C=O) groups excluding carboxylic acids is 1.